The summed E-state index contributed by atoms with van der Waals surface area (Å²) < 4.78 is 5.48. The van der Waals surface area contributed by atoms with E-state index in [4.69, 9.17) is 4.74 Å². The minimum atomic E-state index is 0.205. The molecule has 1 aromatic carbocycles. The first-order valence-corrected chi connectivity index (χ1v) is 9.46. The minimum Gasteiger partial charge on any atom is -0.379 e. The van der Waals surface area contributed by atoms with Gasteiger partial charge in [-0.1, -0.05) is 56.0 Å². The lowest BCUT2D eigenvalue weighted by Crippen LogP contribution is -2.43. The van der Waals surface area contributed by atoms with E-state index in [9.17, 15) is 4.79 Å². The molecule has 4 nitrogen and oxygen atoms in total. The summed E-state index contributed by atoms with van der Waals surface area (Å²) in [6.07, 6.45) is 7.05. The van der Waals surface area contributed by atoms with Crippen LogP contribution in [0.25, 0.3) is 0 Å². The normalized spacial score (nSPS) is 20.8. The first-order valence-electron chi connectivity index (χ1n) is 9.46. The van der Waals surface area contributed by atoms with Crippen LogP contribution in [-0.2, 0) is 9.53 Å². The van der Waals surface area contributed by atoms with E-state index in [1.807, 2.05) is 6.07 Å². The molecule has 1 aliphatic carbocycles. The van der Waals surface area contributed by atoms with Gasteiger partial charge in [0.05, 0.1) is 19.3 Å². The molecule has 1 aromatic rings. The lowest BCUT2D eigenvalue weighted by Gasteiger charge is -2.35. The number of amides is 1. The van der Waals surface area contributed by atoms with Crippen molar-refractivity contribution in [1.82, 2.24) is 10.2 Å². The smallest absolute Gasteiger partial charge is 0.220 e. The molecule has 1 aliphatic heterocycles. The van der Waals surface area contributed by atoms with Crippen LogP contribution in [0.15, 0.2) is 30.3 Å². The SMILES string of the molecule is O=C(CCC1CCCC1)NCC(c1ccccc1)N1CCOCC1. The van der Waals surface area contributed by atoms with Gasteiger partial charge < -0.3 is 10.1 Å². The Labute approximate surface area is 145 Å². The fraction of sp³-hybridized carbons (Fsp3) is 0.650. The van der Waals surface area contributed by atoms with E-state index >= 15 is 0 Å². The van der Waals surface area contributed by atoms with Crippen LogP contribution in [0.4, 0.5) is 0 Å². The maximum absolute atomic E-state index is 12.3. The van der Waals surface area contributed by atoms with Gasteiger partial charge in [-0.25, -0.2) is 0 Å². The van der Waals surface area contributed by atoms with E-state index in [1.54, 1.807) is 0 Å². The van der Waals surface area contributed by atoms with Gasteiger partial charge in [-0.15, -0.1) is 0 Å². The summed E-state index contributed by atoms with van der Waals surface area (Å²) in [6.45, 7) is 4.10. The van der Waals surface area contributed by atoms with Crippen molar-refractivity contribution in [3.63, 3.8) is 0 Å². The number of nitrogens with zero attached hydrogens (tertiary/aromatic N) is 1. The fourth-order valence-corrected chi connectivity index (χ4v) is 3.96. The molecule has 1 amide bonds. The minimum absolute atomic E-state index is 0.205. The molecule has 0 spiro atoms. The van der Waals surface area contributed by atoms with Crippen molar-refractivity contribution in [2.24, 2.45) is 5.92 Å². The van der Waals surface area contributed by atoms with Crippen molar-refractivity contribution in [3.8, 4) is 0 Å². The highest BCUT2D eigenvalue weighted by molar-refractivity contribution is 5.75. The van der Waals surface area contributed by atoms with Gasteiger partial charge in [-0.05, 0) is 17.9 Å². The molecule has 2 fully saturated rings. The van der Waals surface area contributed by atoms with Crippen molar-refractivity contribution >= 4 is 5.91 Å². The quantitative estimate of drug-likeness (QED) is 0.835. The van der Waals surface area contributed by atoms with Gasteiger partial charge in [-0.3, -0.25) is 9.69 Å². The largest absolute Gasteiger partial charge is 0.379 e. The van der Waals surface area contributed by atoms with Gasteiger partial charge in [-0.2, -0.15) is 0 Å². The molecular weight excluding hydrogens is 300 g/mol. The Morgan fingerprint density at radius 2 is 1.88 bits per heavy atom. The Morgan fingerprint density at radius 3 is 2.58 bits per heavy atom. The molecule has 1 heterocycles. The van der Waals surface area contributed by atoms with Crippen LogP contribution < -0.4 is 5.32 Å². The zero-order chi connectivity index (χ0) is 16.6. The van der Waals surface area contributed by atoms with Gasteiger partial charge in [0.15, 0.2) is 0 Å². The highest BCUT2D eigenvalue weighted by Gasteiger charge is 2.23. The van der Waals surface area contributed by atoms with Crippen molar-refractivity contribution in [2.75, 3.05) is 32.8 Å². The van der Waals surface area contributed by atoms with Gasteiger partial charge in [0, 0.05) is 26.1 Å². The number of morpholine rings is 1. The molecule has 1 N–H and O–H groups in total. The molecule has 1 saturated carbocycles. The molecule has 1 unspecified atom stereocenters. The zero-order valence-corrected chi connectivity index (χ0v) is 14.6. The topological polar surface area (TPSA) is 41.6 Å². The molecule has 4 heteroatoms. The van der Waals surface area contributed by atoms with Crippen molar-refractivity contribution in [3.05, 3.63) is 35.9 Å². The highest BCUT2D eigenvalue weighted by Crippen LogP contribution is 2.28. The van der Waals surface area contributed by atoms with Gasteiger partial charge in [0.25, 0.3) is 0 Å². The average Bonchev–Trinajstić information content (AvgIpc) is 3.16. The second-order valence-corrected chi connectivity index (χ2v) is 7.07. The average molecular weight is 330 g/mol. The summed E-state index contributed by atoms with van der Waals surface area (Å²) in [5.41, 5.74) is 1.27. The standard InChI is InChI=1S/C20H30N2O2/c23-20(11-10-17-6-4-5-7-17)21-16-19(18-8-2-1-3-9-18)22-12-14-24-15-13-22/h1-3,8-9,17,19H,4-7,10-16H2,(H,21,23). The number of ether oxygens (including phenoxy) is 1. The Balaban J connectivity index is 1.52. The van der Waals surface area contributed by atoms with Crippen LogP contribution in [0.5, 0.6) is 0 Å². The molecule has 0 radical (unpaired) electrons. The van der Waals surface area contributed by atoms with Crippen molar-refractivity contribution in [1.29, 1.82) is 0 Å². The first kappa shape index (κ1) is 17.4. The number of carbonyl (C=O) groups excluding carboxylic acids is 1. The van der Waals surface area contributed by atoms with E-state index in [0.717, 1.165) is 38.6 Å². The fourth-order valence-electron chi connectivity index (χ4n) is 3.96. The summed E-state index contributed by atoms with van der Waals surface area (Å²) in [5.74, 6) is 0.982. The number of benzene rings is 1. The van der Waals surface area contributed by atoms with Crippen LogP contribution in [0.2, 0.25) is 0 Å². The second-order valence-electron chi connectivity index (χ2n) is 7.07. The molecule has 0 aromatic heterocycles. The third-order valence-electron chi connectivity index (χ3n) is 5.42. The number of nitrogens with one attached hydrogen (secondary N) is 1. The predicted molar refractivity (Wildman–Crippen MR) is 95.8 cm³/mol. The maximum atomic E-state index is 12.3. The van der Waals surface area contributed by atoms with Crippen molar-refractivity contribution in [2.45, 2.75) is 44.6 Å². The summed E-state index contributed by atoms with van der Waals surface area (Å²) in [6, 6.07) is 10.7. The number of hydrogen-bond acceptors (Lipinski definition) is 3. The second kappa shape index (κ2) is 9.19. The van der Waals surface area contributed by atoms with Crippen LogP contribution in [0, 0.1) is 5.92 Å². The molecule has 0 bridgehead atoms. The molecule has 132 valence electrons. The summed E-state index contributed by atoms with van der Waals surface area (Å²) in [7, 11) is 0. The van der Waals surface area contributed by atoms with Crippen LogP contribution in [0.3, 0.4) is 0 Å². The van der Waals surface area contributed by atoms with E-state index < -0.39 is 0 Å². The molecule has 24 heavy (non-hydrogen) atoms. The number of rotatable bonds is 7. The summed E-state index contributed by atoms with van der Waals surface area (Å²) >= 11 is 0. The van der Waals surface area contributed by atoms with Gasteiger partial charge in [0.2, 0.25) is 5.91 Å². The number of carbonyl (C=O) groups is 1. The van der Waals surface area contributed by atoms with Crippen LogP contribution >= 0.6 is 0 Å². The Morgan fingerprint density at radius 1 is 1.17 bits per heavy atom. The molecule has 1 atom stereocenters. The van der Waals surface area contributed by atoms with E-state index in [2.05, 4.69) is 34.5 Å². The third-order valence-corrected chi connectivity index (χ3v) is 5.42. The molecule has 2 aliphatic rings. The van der Waals surface area contributed by atoms with Crippen molar-refractivity contribution < 1.29 is 9.53 Å². The van der Waals surface area contributed by atoms with Gasteiger partial charge in [0.1, 0.15) is 0 Å². The Kier molecular flexibility index (Phi) is 6.67. The lowest BCUT2D eigenvalue weighted by atomic mass is 10.0. The molecule has 1 saturated heterocycles. The zero-order valence-electron chi connectivity index (χ0n) is 14.6. The Hall–Kier alpha value is -1.39. The molecule has 3 rings (SSSR count). The highest BCUT2D eigenvalue weighted by atomic mass is 16.5. The monoisotopic (exact) mass is 330 g/mol. The number of hydrogen-bond donors (Lipinski definition) is 1. The van der Waals surface area contributed by atoms with E-state index in [-0.39, 0.29) is 11.9 Å². The summed E-state index contributed by atoms with van der Waals surface area (Å²) in [4.78, 5) is 14.7. The summed E-state index contributed by atoms with van der Waals surface area (Å²) in [5, 5.41) is 3.18. The first-order chi connectivity index (χ1) is 11.8. The Bertz CT molecular complexity index is 494. The maximum Gasteiger partial charge on any atom is 0.220 e. The van der Waals surface area contributed by atoms with E-state index in [1.165, 1.54) is 31.2 Å². The predicted octanol–water partition coefficient (Wildman–Crippen LogP) is 3.15. The van der Waals surface area contributed by atoms with E-state index in [0.29, 0.717) is 13.0 Å². The van der Waals surface area contributed by atoms with Crippen LogP contribution in [-0.4, -0.2) is 43.7 Å². The molecular formula is C20H30N2O2. The van der Waals surface area contributed by atoms with Gasteiger partial charge >= 0.3 is 0 Å². The third kappa shape index (κ3) is 5.05. The lowest BCUT2D eigenvalue weighted by molar-refractivity contribution is -0.121. The van der Waals surface area contributed by atoms with Crippen LogP contribution in [0.1, 0.15) is 50.1 Å².